The van der Waals surface area contributed by atoms with E-state index < -0.39 is 0 Å². The van der Waals surface area contributed by atoms with Gasteiger partial charge in [-0.1, -0.05) is 0 Å². The molecule has 5 nitrogen and oxygen atoms in total. The number of hydrogen-bond acceptors (Lipinski definition) is 3. The molecule has 1 fully saturated rings. The van der Waals surface area contributed by atoms with E-state index in [0.29, 0.717) is 30.3 Å². The molecule has 2 N–H and O–H groups in total. The van der Waals surface area contributed by atoms with Crippen molar-refractivity contribution in [1.29, 1.82) is 5.26 Å². The summed E-state index contributed by atoms with van der Waals surface area (Å²) in [7, 11) is 0. The Morgan fingerprint density at radius 3 is 2.80 bits per heavy atom. The average Bonchev–Trinajstić information content (AvgIpc) is 2.49. The van der Waals surface area contributed by atoms with Crippen LogP contribution in [0.15, 0.2) is 22.7 Å². The van der Waals surface area contributed by atoms with Crippen LogP contribution in [0.5, 0.6) is 0 Å². The Morgan fingerprint density at radius 2 is 2.20 bits per heavy atom. The third-order valence-corrected chi connectivity index (χ3v) is 4.19. The van der Waals surface area contributed by atoms with Gasteiger partial charge in [-0.05, 0) is 52.9 Å². The summed E-state index contributed by atoms with van der Waals surface area (Å²) in [6, 6.07) is 6.95. The van der Waals surface area contributed by atoms with E-state index in [1.807, 2.05) is 6.07 Å². The third-order valence-electron chi connectivity index (χ3n) is 3.50. The highest BCUT2D eigenvalue weighted by Gasteiger charge is 2.22. The van der Waals surface area contributed by atoms with E-state index in [2.05, 4.69) is 21.2 Å². The molecule has 0 spiro atoms. The second-order valence-corrected chi connectivity index (χ2v) is 5.70. The summed E-state index contributed by atoms with van der Waals surface area (Å²) < 4.78 is 0.745. The number of carbonyl (C=O) groups is 1. The van der Waals surface area contributed by atoms with Crippen molar-refractivity contribution in [3.63, 3.8) is 0 Å². The molecule has 0 atom stereocenters. The highest BCUT2D eigenvalue weighted by Crippen LogP contribution is 2.24. The number of carbonyl (C=O) groups excluding carboxylic acids is 1. The number of nitrogens with zero attached hydrogens (tertiary/aromatic N) is 2. The van der Waals surface area contributed by atoms with Crippen LogP contribution in [0.4, 0.5) is 10.5 Å². The maximum absolute atomic E-state index is 12.2. The van der Waals surface area contributed by atoms with E-state index in [4.69, 9.17) is 10.4 Å². The SMILES string of the molecule is N#Cc1ccc(Br)c(NC(=O)N2CCC(CO)CC2)c1. The van der Waals surface area contributed by atoms with Crippen LogP contribution in [0, 0.1) is 17.2 Å². The average molecular weight is 338 g/mol. The minimum absolute atomic E-state index is 0.169. The number of halogens is 1. The Labute approximate surface area is 126 Å². The molecule has 1 heterocycles. The smallest absolute Gasteiger partial charge is 0.321 e. The Bertz CT molecular complexity index is 534. The Hall–Kier alpha value is -1.58. The molecule has 1 saturated heterocycles. The summed E-state index contributed by atoms with van der Waals surface area (Å²) in [4.78, 5) is 13.9. The van der Waals surface area contributed by atoms with Crippen LogP contribution in [0.2, 0.25) is 0 Å². The van der Waals surface area contributed by atoms with Crippen molar-refractivity contribution in [1.82, 2.24) is 4.90 Å². The van der Waals surface area contributed by atoms with Crippen molar-refractivity contribution in [2.24, 2.45) is 5.92 Å². The second kappa shape index (κ2) is 6.73. The van der Waals surface area contributed by atoms with Crippen LogP contribution in [-0.4, -0.2) is 35.7 Å². The number of likely N-dealkylation sites (tertiary alicyclic amines) is 1. The number of hydrogen-bond donors (Lipinski definition) is 2. The number of amides is 2. The number of rotatable bonds is 2. The molecular formula is C14H16BrN3O2. The zero-order valence-corrected chi connectivity index (χ0v) is 12.6. The fourth-order valence-electron chi connectivity index (χ4n) is 2.20. The summed E-state index contributed by atoms with van der Waals surface area (Å²) >= 11 is 3.36. The minimum atomic E-state index is -0.169. The molecule has 2 rings (SSSR count). The standard InChI is InChI=1S/C14H16BrN3O2/c15-12-2-1-11(8-16)7-13(12)17-14(20)18-5-3-10(9-19)4-6-18/h1-2,7,10,19H,3-6,9H2,(H,17,20). The normalized spacial score (nSPS) is 15.8. The minimum Gasteiger partial charge on any atom is -0.396 e. The molecular weight excluding hydrogens is 322 g/mol. The first-order valence-electron chi connectivity index (χ1n) is 6.50. The van der Waals surface area contributed by atoms with Crippen LogP contribution in [0.1, 0.15) is 18.4 Å². The number of nitriles is 1. The molecule has 20 heavy (non-hydrogen) atoms. The van der Waals surface area contributed by atoms with Gasteiger partial charge in [0.2, 0.25) is 0 Å². The van der Waals surface area contributed by atoms with Gasteiger partial charge in [-0.15, -0.1) is 0 Å². The van der Waals surface area contributed by atoms with Crippen molar-refractivity contribution in [2.45, 2.75) is 12.8 Å². The predicted molar refractivity (Wildman–Crippen MR) is 79.3 cm³/mol. The molecule has 0 saturated carbocycles. The van der Waals surface area contributed by atoms with Crippen molar-refractivity contribution >= 4 is 27.6 Å². The first-order valence-corrected chi connectivity index (χ1v) is 7.29. The van der Waals surface area contributed by atoms with Gasteiger partial charge in [-0.25, -0.2) is 4.79 Å². The second-order valence-electron chi connectivity index (χ2n) is 4.85. The number of benzene rings is 1. The first kappa shape index (κ1) is 14.8. The van der Waals surface area contributed by atoms with Crippen LogP contribution in [0.25, 0.3) is 0 Å². The summed E-state index contributed by atoms with van der Waals surface area (Å²) in [5.41, 5.74) is 1.10. The van der Waals surface area contributed by atoms with Gasteiger partial charge < -0.3 is 15.3 Å². The molecule has 0 bridgehead atoms. The molecule has 106 valence electrons. The van der Waals surface area contributed by atoms with Gasteiger partial charge in [-0.2, -0.15) is 5.26 Å². The van der Waals surface area contributed by atoms with Crippen molar-refractivity contribution in [3.05, 3.63) is 28.2 Å². The van der Waals surface area contributed by atoms with Gasteiger partial charge in [0.05, 0.1) is 17.3 Å². The summed E-state index contributed by atoms with van der Waals surface area (Å²) in [6.45, 7) is 1.48. The summed E-state index contributed by atoms with van der Waals surface area (Å²) in [6.07, 6.45) is 1.65. The molecule has 0 unspecified atom stereocenters. The number of aliphatic hydroxyl groups excluding tert-OH is 1. The lowest BCUT2D eigenvalue weighted by molar-refractivity contribution is 0.143. The van der Waals surface area contributed by atoms with Gasteiger partial charge in [0.1, 0.15) is 0 Å². The van der Waals surface area contributed by atoms with E-state index in [9.17, 15) is 4.79 Å². The lowest BCUT2D eigenvalue weighted by atomic mass is 9.98. The summed E-state index contributed by atoms with van der Waals surface area (Å²) in [5.74, 6) is 0.299. The molecule has 2 amide bonds. The van der Waals surface area contributed by atoms with Gasteiger partial charge in [0.25, 0.3) is 0 Å². The molecule has 1 aromatic rings. The predicted octanol–water partition coefficient (Wildman–Crippen LogP) is 2.56. The fourth-order valence-corrected chi connectivity index (χ4v) is 2.55. The van der Waals surface area contributed by atoms with E-state index in [-0.39, 0.29) is 12.6 Å². The molecule has 6 heteroatoms. The molecule has 1 aromatic carbocycles. The zero-order chi connectivity index (χ0) is 14.5. The molecule has 1 aliphatic rings. The Balaban J connectivity index is 2.00. The van der Waals surface area contributed by atoms with Gasteiger partial charge in [0.15, 0.2) is 0 Å². The van der Waals surface area contributed by atoms with E-state index in [1.165, 1.54) is 0 Å². The topological polar surface area (TPSA) is 76.4 Å². The number of anilines is 1. The molecule has 1 aliphatic heterocycles. The molecule has 0 aliphatic carbocycles. The Morgan fingerprint density at radius 1 is 1.50 bits per heavy atom. The van der Waals surface area contributed by atoms with Crippen molar-refractivity contribution < 1.29 is 9.90 Å². The van der Waals surface area contributed by atoms with Gasteiger partial charge >= 0.3 is 6.03 Å². The van der Waals surface area contributed by atoms with Crippen molar-refractivity contribution in [3.8, 4) is 6.07 Å². The monoisotopic (exact) mass is 337 g/mol. The highest BCUT2D eigenvalue weighted by molar-refractivity contribution is 9.10. The van der Waals surface area contributed by atoms with E-state index in [0.717, 1.165) is 17.3 Å². The molecule has 0 radical (unpaired) electrons. The van der Waals surface area contributed by atoms with Gasteiger partial charge in [0, 0.05) is 24.2 Å². The van der Waals surface area contributed by atoms with E-state index in [1.54, 1.807) is 23.1 Å². The summed E-state index contributed by atoms with van der Waals surface area (Å²) in [5, 5.41) is 20.8. The lowest BCUT2D eigenvalue weighted by Crippen LogP contribution is -2.41. The van der Waals surface area contributed by atoms with Crippen LogP contribution in [0.3, 0.4) is 0 Å². The van der Waals surface area contributed by atoms with Gasteiger partial charge in [-0.3, -0.25) is 0 Å². The van der Waals surface area contributed by atoms with Crippen LogP contribution >= 0.6 is 15.9 Å². The van der Waals surface area contributed by atoms with E-state index >= 15 is 0 Å². The Kier molecular flexibility index (Phi) is 4.99. The van der Waals surface area contributed by atoms with Crippen molar-refractivity contribution in [2.75, 3.05) is 25.0 Å². The number of piperidine rings is 1. The van der Waals surface area contributed by atoms with Crippen LogP contribution < -0.4 is 5.32 Å². The molecule has 0 aromatic heterocycles. The number of urea groups is 1. The third kappa shape index (κ3) is 3.50. The number of nitrogens with one attached hydrogen (secondary N) is 1. The first-order chi connectivity index (χ1) is 9.63. The maximum atomic E-state index is 12.2. The quantitative estimate of drug-likeness (QED) is 0.870. The zero-order valence-electron chi connectivity index (χ0n) is 11.0. The maximum Gasteiger partial charge on any atom is 0.321 e. The number of aliphatic hydroxyl groups is 1. The fraction of sp³-hybridized carbons (Fsp3) is 0.429. The highest BCUT2D eigenvalue weighted by atomic mass is 79.9. The van der Waals surface area contributed by atoms with Crippen LogP contribution in [-0.2, 0) is 0 Å². The largest absolute Gasteiger partial charge is 0.396 e. The lowest BCUT2D eigenvalue weighted by Gasteiger charge is -2.31.